The first-order valence-electron chi connectivity index (χ1n) is 6.13. The maximum atomic E-state index is 13.5. The van der Waals surface area contributed by atoms with Crippen LogP contribution in [0.15, 0.2) is 47.4 Å². The number of hydrogen-bond donors (Lipinski definition) is 1. The lowest BCUT2D eigenvalue weighted by atomic mass is 10.1. The number of halogens is 3. The average molecular weight is 314 g/mol. The van der Waals surface area contributed by atoms with Crippen LogP contribution in [-0.2, 0) is 6.42 Å². The fourth-order valence-corrected chi connectivity index (χ4v) is 2.97. The lowest BCUT2D eigenvalue weighted by molar-refractivity contribution is 0.495. The van der Waals surface area contributed by atoms with Crippen molar-refractivity contribution in [2.75, 3.05) is 5.75 Å². The number of thioether (sulfide) groups is 1. The van der Waals surface area contributed by atoms with Crippen LogP contribution >= 0.6 is 23.4 Å². The van der Waals surface area contributed by atoms with E-state index in [0.717, 1.165) is 11.0 Å². The zero-order chi connectivity index (χ0) is 14.5. The van der Waals surface area contributed by atoms with Gasteiger partial charge in [-0.15, -0.1) is 11.8 Å². The topological polar surface area (TPSA) is 26.0 Å². The molecule has 1 unspecified atom stereocenters. The standard InChI is InChI=1S/C15H14ClF2NS/c16-11-4-2-5-13(8-11)20-9-12(19)7-10-3-1-6-14(17)15(10)18/h1-6,8,12H,7,9,19H2. The Morgan fingerprint density at radius 2 is 1.90 bits per heavy atom. The Balaban J connectivity index is 1.92. The molecule has 0 aliphatic heterocycles. The molecule has 2 aromatic rings. The van der Waals surface area contributed by atoms with Crippen molar-refractivity contribution in [3.63, 3.8) is 0 Å². The van der Waals surface area contributed by atoms with E-state index < -0.39 is 11.6 Å². The van der Waals surface area contributed by atoms with Crippen molar-refractivity contribution in [3.05, 3.63) is 64.7 Å². The predicted molar refractivity (Wildman–Crippen MR) is 80.2 cm³/mol. The Morgan fingerprint density at radius 1 is 1.15 bits per heavy atom. The molecule has 2 aromatic carbocycles. The van der Waals surface area contributed by atoms with Crippen molar-refractivity contribution in [3.8, 4) is 0 Å². The summed E-state index contributed by atoms with van der Waals surface area (Å²) in [7, 11) is 0. The summed E-state index contributed by atoms with van der Waals surface area (Å²) in [5.74, 6) is -1.04. The molecule has 1 atom stereocenters. The molecule has 20 heavy (non-hydrogen) atoms. The smallest absolute Gasteiger partial charge is 0.162 e. The molecular weight excluding hydrogens is 300 g/mol. The van der Waals surface area contributed by atoms with E-state index in [1.807, 2.05) is 18.2 Å². The maximum Gasteiger partial charge on any atom is 0.162 e. The van der Waals surface area contributed by atoms with Crippen molar-refractivity contribution in [2.45, 2.75) is 17.4 Å². The highest BCUT2D eigenvalue weighted by Gasteiger charge is 2.12. The van der Waals surface area contributed by atoms with Gasteiger partial charge in [0.2, 0.25) is 0 Å². The molecule has 0 aliphatic carbocycles. The number of rotatable bonds is 5. The second-order valence-electron chi connectivity index (χ2n) is 4.45. The Kier molecular flexibility index (Phi) is 5.40. The van der Waals surface area contributed by atoms with Crippen LogP contribution < -0.4 is 5.73 Å². The highest BCUT2D eigenvalue weighted by atomic mass is 35.5. The number of benzene rings is 2. The van der Waals surface area contributed by atoms with Gasteiger partial charge in [-0.1, -0.05) is 29.8 Å². The third kappa shape index (κ3) is 4.20. The molecule has 0 amide bonds. The molecule has 106 valence electrons. The molecular formula is C15H14ClF2NS. The van der Waals surface area contributed by atoms with Crippen LogP contribution in [0.25, 0.3) is 0 Å². The van der Waals surface area contributed by atoms with Gasteiger partial charge in [-0.3, -0.25) is 0 Å². The molecule has 1 nitrogen and oxygen atoms in total. The van der Waals surface area contributed by atoms with E-state index in [1.165, 1.54) is 6.07 Å². The van der Waals surface area contributed by atoms with E-state index in [9.17, 15) is 8.78 Å². The van der Waals surface area contributed by atoms with Gasteiger partial charge >= 0.3 is 0 Å². The van der Waals surface area contributed by atoms with Crippen LogP contribution in [-0.4, -0.2) is 11.8 Å². The summed E-state index contributed by atoms with van der Waals surface area (Å²) in [5.41, 5.74) is 6.28. The number of hydrogen-bond acceptors (Lipinski definition) is 2. The summed E-state index contributed by atoms with van der Waals surface area (Å²) in [6.07, 6.45) is 0.303. The third-order valence-corrected chi connectivity index (χ3v) is 4.19. The lowest BCUT2D eigenvalue weighted by Gasteiger charge is -2.12. The molecule has 2 rings (SSSR count). The highest BCUT2D eigenvalue weighted by Crippen LogP contribution is 2.23. The maximum absolute atomic E-state index is 13.5. The Bertz CT molecular complexity index is 592. The van der Waals surface area contributed by atoms with E-state index in [4.69, 9.17) is 17.3 Å². The van der Waals surface area contributed by atoms with Crippen LogP contribution in [0.2, 0.25) is 5.02 Å². The van der Waals surface area contributed by atoms with E-state index >= 15 is 0 Å². The van der Waals surface area contributed by atoms with Crippen molar-refractivity contribution < 1.29 is 8.78 Å². The molecule has 0 aromatic heterocycles. The lowest BCUT2D eigenvalue weighted by Crippen LogP contribution is -2.26. The number of nitrogens with two attached hydrogens (primary N) is 1. The Morgan fingerprint density at radius 3 is 2.65 bits per heavy atom. The van der Waals surface area contributed by atoms with Gasteiger partial charge in [0.1, 0.15) is 0 Å². The molecule has 0 bridgehead atoms. The molecule has 2 N–H and O–H groups in total. The molecule has 0 heterocycles. The normalized spacial score (nSPS) is 12.4. The van der Waals surface area contributed by atoms with Gasteiger partial charge in [0.05, 0.1) is 0 Å². The highest BCUT2D eigenvalue weighted by molar-refractivity contribution is 7.99. The van der Waals surface area contributed by atoms with Gasteiger partial charge in [0.25, 0.3) is 0 Å². The molecule has 0 radical (unpaired) electrons. The molecule has 5 heteroatoms. The second kappa shape index (κ2) is 7.07. The van der Waals surface area contributed by atoms with Crippen molar-refractivity contribution in [2.24, 2.45) is 5.73 Å². The summed E-state index contributed by atoms with van der Waals surface area (Å²) < 4.78 is 26.6. The van der Waals surface area contributed by atoms with Crippen LogP contribution in [0, 0.1) is 11.6 Å². The largest absolute Gasteiger partial charge is 0.327 e. The van der Waals surface area contributed by atoms with E-state index in [1.54, 1.807) is 23.9 Å². The Hall–Kier alpha value is -1.10. The molecule has 0 fully saturated rings. The van der Waals surface area contributed by atoms with E-state index in [0.29, 0.717) is 22.8 Å². The van der Waals surface area contributed by atoms with Gasteiger partial charge in [-0.25, -0.2) is 8.78 Å². The zero-order valence-electron chi connectivity index (χ0n) is 10.7. The zero-order valence-corrected chi connectivity index (χ0v) is 12.2. The summed E-state index contributed by atoms with van der Waals surface area (Å²) in [4.78, 5) is 1.01. The fourth-order valence-electron chi connectivity index (χ4n) is 1.81. The SMILES string of the molecule is NC(CSc1cccc(Cl)c1)Cc1cccc(F)c1F. The summed E-state index contributed by atoms with van der Waals surface area (Å²) in [5, 5.41) is 0.666. The van der Waals surface area contributed by atoms with Crippen molar-refractivity contribution >= 4 is 23.4 Å². The fraction of sp³-hybridized carbons (Fsp3) is 0.200. The second-order valence-corrected chi connectivity index (χ2v) is 5.98. The summed E-state index contributed by atoms with van der Waals surface area (Å²) in [6.45, 7) is 0. The van der Waals surface area contributed by atoms with Gasteiger partial charge in [-0.05, 0) is 36.2 Å². The van der Waals surface area contributed by atoms with Crippen LogP contribution in [0.3, 0.4) is 0 Å². The van der Waals surface area contributed by atoms with Crippen molar-refractivity contribution in [1.29, 1.82) is 0 Å². The predicted octanol–water partition coefficient (Wildman–Crippen LogP) is 4.28. The van der Waals surface area contributed by atoms with E-state index in [-0.39, 0.29) is 6.04 Å². The minimum absolute atomic E-state index is 0.254. The quantitative estimate of drug-likeness (QED) is 0.834. The minimum atomic E-state index is -0.836. The first-order chi connectivity index (χ1) is 9.56. The Labute approximate surface area is 126 Å². The van der Waals surface area contributed by atoms with Gasteiger partial charge in [0.15, 0.2) is 11.6 Å². The summed E-state index contributed by atoms with van der Waals surface area (Å²) in [6, 6.07) is 11.3. The van der Waals surface area contributed by atoms with Gasteiger partial charge in [0, 0.05) is 21.7 Å². The third-order valence-electron chi connectivity index (χ3n) is 2.77. The minimum Gasteiger partial charge on any atom is -0.327 e. The summed E-state index contributed by atoms with van der Waals surface area (Å²) >= 11 is 7.44. The van der Waals surface area contributed by atoms with E-state index in [2.05, 4.69) is 0 Å². The average Bonchev–Trinajstić information content (AvgIpc) is 2.42. The van der Waals surface area contributed by atoms with Crippen molar-refractivity contribution in [1.82, 2.24) is 0 Å². The molecule has 0 saturated carbocycles. The molecule has 0 aliphatic rings. The van der Waals surface area contributed by atoms with Crippen LogP contribution in [0.1, 0.15) is 5.56 Å². The van der Waals surface area contributed by atoms with Crippen LogP contribution in [0.4, 0.5) is 8.78 Å². The van der Waals surface area contributed by atoms with Gasteiger partial charge in [-0.2, -0.15) is 0 Å². The van der Waals surface area contributed by atoms with Gasteiger partial charge < -0.3 is 5.73 Å². The molecule has 0 saturated heterocycles. The first kappa shape index (κ1) is 15.3. The van der Waals surface area contributed by atoms with Crippen LogP contribution in [0.5, 0.6) is 0 Å². The first-order valence-corrected chi connectivity index (χ1v) is 7.49. The monoisotopic (exact) mass is 313 g/mol. The molecule has 0 spiro atoms.